The van der Waals surface area contributed by atoms with E-state index in [1.165, 1.54) is 34.8 Å². The summed E-state index contributed by atoms with van der Waals surface area (Å²) in [7, 11) is 0. The van der Waals surface area contributed by atoms with Crippen molar-refractivity contribution in [3.8, 4) is 0 Å². The summed E-state index contributed by atoms with van der Waals surface area (Å²) in [6.07, 6.45) is 5.75. The lowest BCUT2D eigenvalue weighted by Gasteiger charge is -2.06. The zero-order chi connectivity index (χ0) is 15.5. The number of thiazole rings is 1. The molecule has 0 bridgehead atoms. The number of hydrogen-bond donors (Lipinski definition) is 1. The number of aromatic nitrogens is 1. The van der Waals surface area contributed by atoms with Crippen LogP contribution in [0.1, 0.15) is 34.0 Å². The standard InChI is InChI=1S/C16H19N3O2S/c1-11-10-12(6-7-14(11)19(20)21)17-9-8-16-18-13-4-2-3-5-15(13)22-16/h6-7,10,17H,2-5,8-9H2,1H3. The van der Waals surface area contributed by atoms with E-state index in [1.54, 1.807) is 19.1 Å². The summed E-state index contributed by atoms with van der Waals surface area (Å²) in [5, 5.41) is 15.3. The molecule has 1 aliphatic rings. The molecule has 116 valence electrons. The average molecular weight is 317 g/mol. The first-order valence-electron chi connectivity index (χ1n) is 7.60. The molecule has 0 saturated carbocycles. The van der Waals surface area contributed by atoms with Gasteiger partial charge in [0.05, 0.1) is 15.6 Å². The molecular weight excluding hydrogens is 298 g/mol. The molecule has 1 heterocycles. The molecule has 0 amide bonds. The van der Waals surface area contributed by atoms with Gasteiger partial charge in [-0.15, -0.1) is 11.3 Å². The van der Waals surface area contributed by atoms with Crippen molar-refractivity contribution in [3.63, 3.8) is 0 Å². The third kappa shape index (κ3) is 3.27. The van der Waals surface area contributed by atoms with Gasteiger partial charge in [0.1, 0.15) is 0 Å². The van der Waals surface area contributed by atoms with Crippen LogP contribution in [0.3, 0.4) is 0 Å². The monoisotopic (exact) mass is 317 g/mol. The maximum atomic E-state index is 10.8. The summed E-state index contributed by atoms with van der Waals surface area (Å²) in [5.74, 6) is 0. The van der Waals surface area contributed by atoms with E-state index in [0.717, 1.165) is 25.1 Å². The smallest absolute Gasteiger partial charge is 0.272 e. The third-order valence-electron chi connectivity index (χ3n) is 3.95. The lowest BCUT2D eigenvalue weighted by molar-refractivity contribution is -0.385. The molecule has 0 atom stereocenters. The SMILES string of the molecule is Cc1cc(NCCc2nc3c(s2)CCCC3)ccc1[N+](=O)[O-]. The Kier molecular flexibility index (Phi) is 4.38. The van der Waals surface area contributed by atoms with Gasteiger partial charge in [0, 0.05) is 35.2 Å². The Morgan fingerprint density at radius 1 is 1.36 bits per heavy atom. The van der Waals surface area contributed by atoms with Crippen molar-refractivity contribution in [2.24, 2.45) is 0 Å². The zero-order valence-corrected chi connectivity index (χ0v) is 13.4. The summed E-state index contributed by atoms with van der Waals surface area (Å²) in [6.45, 7) is 2.56. The van der Waals surface area contributed by atoms with Crippen LogP contribution in [0.25, 0.3) is 0 Å². The molecule has 0 spiro atoms. The second kappa shape index (κ2) is 6.44. The van der Waals surface area contributed by atoms with Crippen LogP contribution in [0.5, 0.6) is 0 Å². The topological polar surface area (TPSA) is 68.1 Å². The van der Waals surface area contributed by atoms with Gasteiger partial charge in [-0.3, -0.25) is 10.1 Å². The van der Waals surface area contributed by atoms with Gasteiger partial charge in [0.2, 0.25) is 0 Å². The van der Waals surface area contributed by atoms with E-state index in [1.807, 2.05) is 17.4 Å². The fourth-order valence-electron chi connectivity index (χ4n) is 2.80. The molecule has 0 unspecified atom stereocenters. The first kappa shape index (κ1) is 15.0. The number of aryl methyl sites for hydroxylation is 3. The molecule has 6 heteroatoms. The fourth-order valence-corrected chi connectivity index (χ4v) is 3.95. The maximum absolute atomic E-state index is 10.8. The van der Waals surface area contributed by atoms with Crippen LogP contribution in [0.4, 0.5) is 11.4 Å². The van der Waals surface area contributed by atoms with E-state index in [9.17, 15) is 10.1 Å². The molecule has 1 N–H and O–H groups in total. The highest BCUT2D eigenvalue weighted by atomic mass is 32.1. The van der Waals surface area contributed by atoms with Gasteiger partial charge in [0.25, 0.3) is 5.69 Å². The van der Waals surface area contributed by atoms with E-state index >= 15 is 0 Å². The Labute approximate surface area is 133 Å². The summed E-state index contributed by atoms with van der Waals surface area (Å²) < 4.78 is 0. The highest BCUT2D eigenvalue weighted by Crippen LogP contribution is 2.27. The molecule has 1 aromatic carbocycles. The molecular formula is C16H19N3O2S. The predicted octanol–water partition coefficient (Wildman–Crippen LogP) is 3.89. The van der Waals surface area contributed by atoms with Crippen molar-refractivity contribution in [2.75, 3.05) is 11.9 Å². The largest absolute Gasteiger partial charge is 0.385 e. The number of nitrogens with zero attached hydrogens (tertiary/aromatic N) is 2. The fraction of sp³-hybridized carbons (Fsp3) is 0.438. The summed E-state index contributed by atoms with van der Waals surface area (Å²) >= 11 is 1.84. The van der Waals surface area contributed by atoms with Gasteiger partial charge in [-0.2, -0.15) is 0 Å². The number of nitro benzene ring substituents is 1. The quantitative estimate of drug-likeness (QED) is 0.671. The molecule has 0 radical (unpaired) electrons. The minimum absolute atomic E-state index is 0.165. The van der Waals surface area contributed by atoms with Crippen molar-refractivity contribution >= 4 is 22.7 Å². The number of anilines is 1. The molecule has 2 aromatic rings. The van der Waals surface area contributed by atoms with Gasteiger partial charge >= 0.3 is 0 Å². The van der Waals surface area contributed by atoms with Crippen molar-refractivity contribution in [1.82, 2.24) is 4.98 Å². The van der Waals surface area contributed by atoms with Crippen LogP contribution in [-0.4, -0.2) is 16.5 Å². The lowest BCUT2D eigenvalue weighted by Crippen LogP contribution is -2.05. The number of rotatable bonds is 5. The third-order valence-corrected chi connectivity index (χ3v) is 5.17. The second-order valence-electron chi connectivity index (χ2n) is 5.62. The van der Waals surface area contributed by atoms with Crippen LogP contribution in [0, 0.1) is 17.0 Å². The maximum Gasteiger partial charge on any atom is 0.272 e. The van der Waals surface area contributed by atoms with Crippen molar-refractivity contribution < 1.29 is 4.92 Å². The lowest BCUT2D eigenvalue weighted by atomic mass is 10.0. The number of hydrogen-bond acceptors (Lipinski definition) is 5. The van der Waals surface area contributed by atoms with Crippen molar-refractivity contribution in [2.45, 2.75) is 39.0 Å². The average Bonchev–Trinajstić information content (AvgIpc) is 2.89. The number of nitrogens with one attached hydrogen (secondary N) is 1. The van der Waals surface area contributed by atoms with Crippen LogP contribution in [0.2, 0.25) is 0 Å². The molecule has 1 aliphatic carbocycles. The molecule has 3 rings (SSSR count). The summed E-state index contributed by atoms with van der Waals surface area (Å²) in [6, 6.07) is 5.14. The van der Waals surface area contributed by atoms with Gasteiger partial charge in [-0.1, -0.05) is 0 Å². The number of benzene rings is 1. The Morgan fingerprint density at radius 3 is 2.91 bits per heavy atom. The van der Waals surface area contributed by atoms with Crippen LogP contribution in [0.15, 0.2) is 18.2 Å². The Bertz CT molecular complexity index is 673. The summed E-state index contributed by atoms with van der Waals surface area (Å²) in [4.78, 5) is 16.6. The van der Waals surface area contributed by atoms with E-state index in [4.69, 9.17) is 4.98 Å². The second-order valence-corrected chi connectivity index (χ2v) is 6.79. The van der Waals surface area contributed by atoms with Gasteiger partial charge in [0.15, 0.2) is 0 Å². The first-order valence-corrected chi connectivity index (χ1v) is 8.41. The molecule has 0 saturated heterocycles. The minimum atomic E-state index is -0.348. The first-order chi connectivity index (χ1) is 10.6. The van der Waals surface area contributed by atoms with E-state index in [0.29, 0.717) is 5.56 Å². The molecule has 0 fully saturated rings. The Balaban J connectivity index is 1.58. The van der Waals surface area contributed by atoms with Crippen molar-refractivity contribution in [1.29, 1.82) is 0 Å². The number of nitro groups is 1. The van der Waals surface area contributed by atoms with Crippen molar-refractivity contribution in [3.05, 3.63) is 49.5 Å². The highest BCUT2D eigenvalue weighted by Gasteiger charge is 2.15. The number of fused-ring (bicyclic) bond motifs is 1. The normalized spacial score (nSPS) is 13.7. The minimum Gasteiger partial charge on any atom is -0.385 e. The Morgan fingerprint density at radius 2 is 2.18 bits per heavy atom. The van der Waals surface area contributed by atoms with Gasteiger partial charge in [-0.25, -0.2) is 4.98 Å². The van der Waals surface area contributed by atoms with E-state index < -0.39 is 0 Å². The van der Waals surface area contributed by atoms with Crippen LogP contribution in [-0.2, 0) is 19.3 Å². The van der Waals surface area contributed by atoms with Crippen LogP contribution < -0.4 is 5.32 Å². The van der Waals surface area contributed by atoms with Gasteiger partial charge in [-0.05, 0) is 44.7 Å². The molecule has 5 nitrogen and oxygen atoms in total. The molecule has 1 aromatic heterocycles. The zero-order valence-electron chi connectivity index (χ0n) is 12.6. The summed E-state index contributed by atoms with van der Waals surface area (Å²) in [5.41, 5.74) is 3.07. The predicted molar refractivity (Wildman–Crippen MR) is 88.8 cm³/mol. The van der Waals surface area contributed by atoms with E-state index in [-0.39, 0.29) is 10.6 Å². The highest BCUT2D eigenvalue weighted by molar-refractivity contribution is 7.11. The Hall–Kier alpha value is -1.95. The molecule has 0 aliphatic heterocycles. The molecule has 22 heavy (non-hydrogen) atoms. The van der Waals surface area contributed by atoms with E-state index in [2.05, 4.69) is 5.32 Å². The van der Waals surface area contributed by atoms with Gasteiger partial charge < -0.3 is 5.32 Å². The van der Waals surface area contributed by atoms with Crippen LogP contribution >= 0.6 is 11.3 Å².